The van der Waals surface area contributed by atoms with Crippen LogP contribution in [-0.2, 0) is 12.7 Å². The number of benzene rings is 2. The third-order valence-electron chi connectivity index (χ3n) is 5.11. The molecule has 1 aliphatic heterocycles. The number of nitro benzene ring substituents is 1. The molecule has 2 aromatic carbocycles. The number of halogens is 4. The summed E-state index contributed by atoms with van der Waals surface area (Å²) in [6.45, 7) is 3.31. The van der Waals surface area contributed by atoms with Crippen LogP contribution in [-0.4, -0.2) is 46.8 Å². The van der Waals surface area contributed by atoms with Gasteiger partial charge in [0.2, 0.25) is 0 Å². The highest BCUT2D eigenvalue weighted by molar-refractivity contribution is 5.95. The fourth-order valence-corrected chi connectivity index (χ4v) is 3.33. The molecule has 0 saturated carbocycles. The van der Waals surface area contributed by atoms with E-state index in [-0.39, 0.29) is 11.1 Å². The molecule has 0 aliphatic carbocycles. The smallest absolute Gasteiger partial charge is 0.336 e. The summed E-state index contributed by atoms with van der Waals surface area (Å²) in [5.41, 5.74) is -0.640. The van der Waals surface area contributed by atoms with Crippen LogP contribution in [0.4, 0.5) is 23.2 Å². The molecule has 6 nitrogen and oxygen atoms in total. The van der Waals surface area contributed by atoms with Gasteiger partial charge >= 0.3 is 6.18 Å². The first kappa shape index (κ1) is 21.7. The van der Waals surface area contributed by atoms with Gasteiger partial charge in [0, 0.05) is 44.4 Å². The molecule has 1 amide bonds. The van der Waals surface area contributed by atoms with Crippen molar-refractivity contribution in [2.75, 3.05) is 26.2 Å². The summed E-state index contributed by atoms with van der Waals surface area (Å²) in [6.07, 6.45) is -4.38. The van der Waals surface area contributed by atoms with Crippen LogP contribution >= 0.6 is 0 Å². The number of carbonyl (C=O) groups is 1. The molecule has 0 N–H and O–H groups in total. The van der Waals surface area contributed by atoms with Gasteiger partial charge in [-0.2, -0.15) is 13.2 Å². The van der Waals surface area contributed by atoms with Crippen LogP contribution in [0.25, 0.3) is 0 Å². The first-order valence-corrected chi connectivity index (χ1v) is 9.18. The Morgan fingerprint density at radius 3 is 2.23 bits per heavy atom. The Hall–Kier alpha value is -3.01. The van der Waals surface area contributed by atoms with E-state index in [2.05, 4.69) is 0 Å². The Morgan fingerprint density at radius 1 is 1.10 bits per heavy atom. The quantitative estimate of drug-likeness (QED) is 0.422. The highest BCUT2D eigenvalue weighted by Gasteiger charge is 2.30. The highest BCUT2D eigenvalue weighted by atomic mass is 19.4. The van der Waals surface area contributed by atoms with E-state index in [1.54, 1.807) is 0 Å². The minimum absolute atomic E-state index is 0.0824. The van der Waals surface area contributed by atoms with Gasteiger partial charge in [-0.05, 0) is 30.7 Å². The topological polar surface area (TPSA) is 66.7 Å². The van der Waals surface area contributed by atoms with E-state index in [1.165, 1.54) is 24.0 Å². The number of alkyl halides is 3. The molecule has 3 rings (SSSR count). The molecular formula is C20H19F4N3O3. The molecule has 160 valence electrons. The number of rotatable bonds is 4. The second kappa shape index (κ2) is 8.39. The van der Waals surface area contributed by atoms with Crippen LogP contribution in [0.3, 0.4) is 0 Å². The zero-order chi connectivity index (χ0) is 22.1. The third kappa shape index (κ3) is 4.76. The van der Waals surface area contributed by atoms with E-state index < -0.39 is 34.1 Å². The third-order valence-corrected chi connectivity index (χ3v) is 5.11. The first-order valence-electron chi connectivity index (χ1n) is 9.18. The van der Waals surface area contributed by atoms with Crippen molar-refractivity contribution in [2.45, 2.75) is 19.6 Å². The van der Waals surface area contributed by atoms with Gasteiger partial charge in [-0.1, -0.05) is 12.1 Å². The Balaban J connectivity index is 1.62. The predicted molar refractivity (Wildman–Crippen MR) is 100 cm³/mol. The number of amides is 1. The van der Waals surface area contributed by atoms with Crippen LogP contribution in [0, 0.1) is 22.9 Å². The monoisotopic (exact) mass is 425 g/mol. The largest absolute Gasteiger partial charge is 0.416 e. The van der Waals surface area contributed by atoms with Gasteiger partial charge < -0.3 is 4.90 Å². The lowest BCUT2D eigenvalue weighted by Crippen LogP contribution is -2.48. The number of carbonyl (C=O) groups excluding carboxylic acids is 1. The van der Waals surface area contributed by atoms with Crippen molar-refractivity contribution in [1.82, 2.24) is 9.80 Å². The second-order valence-electron chi connectivity index (χ2n) is 7.12. The number of nitro groups is 1. The molecule has 0 unspecified atom stereocenters. The van der Waals surface area contributed by atoms with Crippen molar-refractivity contribution in [2.24, 2.45) is 0 Å². The Kier molecular flexibility index (Phi) is 6.06. The summed E-state index contributed by atoms with van der Waals surface area (Å²) in [7, 11) is 0. The molecule has 0 radical (unpaired) electrons. The fourth-order valence-electron chi connectivity index (χ4n) is 3.33. The molecule has 0 aromatic heterocycles. The summed E-state index contributed by atoms with van der Waals surface area (Å²) in [5.74, 6) is -1.31. The summed E-state index contributed by atoms with van der Waals surface area (Å²) in [5, 5.41) is 11.1. The first-order chi connectivity index (χ1) is 14.1. The Morgan fingerprint density at radius 2 is 1.70 bits per heavy atom. The number of piperazine rings is 1. The zero-order valence-corrected chi connectivity index (χ0v) is 16.1. The van der Waals surface area contributed by atoms with Crippen molar-refractivity contribution in [1.29, 1.82) is 0 Å². The average molecular weight is 425 g/mol. The molecular weight excluding hydrogens is 406 g/mol. The highest BCUT2D eigenvalue weighted by Crippen LogP contribution is 2.29. The van der Waals surface area contributed by atoms with Crippen LogP contribution < -0.4 is 0 Å². The molecule has 0 spiro atoms. The van der Waals surface area contributed by atoms with Crippen molar-refractivity contribution >= 4 is 11.6 Å². The maximum atomic E-state index is 14.0. The molecule has 1 heterocycles. The zero-order valence-electron chi connectivity index (χ0n) is 16.1. The molecule has 10 heteroatoms. The van der Waals surface area contributed by atoms with Gasteiger partial charge in [-0.25, -0.2) is 4.39 Å². The summed E-state index contributed by atoms with van der Waals surface area (Å²) < 4.78 is 51.9. The van der Waals surface area contributed by atoms with E-state index in [0.717, 1.165) is 29.8 Å². The Bertz CT molecular complexity index is 953. The van der Waals surface area contributed by atoms with E-state index in [0.29, 0.717) is 32.7 Å². The van der Waals surface area contributed by atoms with Crippen molar-refractivity contribution in [3.05, 3.63) is 74.6 Å². The minimum Gasteiger partial charge on any atom is -0.336 e. The second-order valence-corrected chi connectivity index (χ2v) is 7.12. The molecule has 1 fully saturated rings. The molecule has 1 aliphatic rings. The lowest BCUT2D eigenvalue weighted by molar-refractivity contribution is -0.385. The van der Waals surface area contributed by atoms with E-state index in [9.17, 15) is 32.5 Å². The van der Waals surface area contributed by atoms with Crippen molar-refractivity contribution in [3.8, 4) is 0 Å². The normalized spacial score (nSPS) is 15.3. The van der Waals surface area contributed by atoms with Crippen molar-refractivity contribution < 1.29 is 27.3 Å². The van der Waals surface area contributed by atoms with Gasteiger partial charge in [-0.15, -0.1) is 0 Å². The van der Waals surface area contributed by atoms with E-state index >= 15 is 0 Å². The maximum Gasteiger partial charge on any atom is 0.416 e. The van der Waals surface area contributed by atoms with Crippen molar-refractivity contribution in [3.63, 3.8) is 0 Å². The van der Waals surface area contributed by atoms with Gasteiger partial charge in [0.05, 0.1) is 16.1 Å². The molecule has 30 heavy (non-hydrogen) atoms. The number of hydrogen-bond acceptors (Lipinski definition) is 4. The summed E-state index contributed by atoms with van der Waals surface area (Å²) in [6, 6.07) is 7.00. The molecule has 1 saturated heterocycles. The standard InChI is InChI=1S/C20H19F4N3O3/c1-13-17(21)10-15(11-18(13)27(29)30)19(28)26-8-6-25(7-9-26)12-14-2-4-16(5-3-14)20(22,23)24/h2-5,10-11H,6-9,12H2,1H3. The lowest BCUT2D eigenvalue weighted by atomic mass is 10.1. The van der Waals surface area contributed by atoms with Crippen LogP contribution in [0.15, 0.2) is 36.4 Å². The lowest BCUT2D eigenvalue weighted by Gasteiger charge is -2.34. The Labute approximate surface area is 169 Å². The minimum atomic E-state index is -4.38. The van der Waals surface area contributed by atoms with E-state index in [1.807, 2.05) is 4.90 Å². The predicted octanol–water partition coefficient (Wildman–Crippen LogP) is 4.02. The molecule has 0 bridgehead atoms. The van der Waals surface area contributed by atoms with Crippen LogP contribution in [0.5, 0.6) is 0 Å². The SMILES string of the molecule is Cc1c(F)cc(C(=O)N2CCN(Cc3ccc(C(F)(F)F)cc3)CC2)cc1[N+](=O)[O-]. The number of nitrogens with zero attached hydrogens (tertiary/aromatic N) is 3. The fraction of sp³-hybridized carbons (Fsp3) is 0.350. The van der Waals surface area contributed by atoms with Crippen LogP contribution in [0.2, 0.25) is 0 Å². The van der Waals surface area contributed by atoms with E-state index in [4.69, 9.17) is 0 Å². The van der Waals surface area contributed by atoms with Crippen LogP contribution in [0.1, 0.15) is 27.0 Å². The molecule has 2 aromatic rings. The van der Waals surface area contributed by atoms with Gasteiger partial charge in [0.25, 0.3) is 11.6 Å². The van der Waals surface area contributed by atoms with Gasteiger partial charge in [0.15, 0.2) is 0 Å². The maximum absolute atomic E-state index is 14.0. The van der Waals surface area contributed by atoms with Gasteiger partial charge in [0.1, 0.15) is 5.82 Å². The summed E-state index contributed by atoms with van der Waals surface area (Å²) >= 11 is 0. The average Bonchev–Trinajstić information content (AvgIpc) is 2.69. The number of hydrogen-bond donors (Lipinski definition) is 0. The molecule has 0 atom stereocenters. The summed E-state index contributed by atoms with van der Waals surface area (Å²) in [4.78, 5) is 26.5. The van der Waals surface area contributed by atoms with Gasteiger partial charge in [-0.3, -0.25) is 19.8 Å².